The predicted octanol–water partition coefficient (Wildman–Crippen LogP) is 6.51. The Morgan fingerprint density at radius 1 is 0.885 bits per heavy atom. The van der Waals surface area contributed by atoms with Crippen LogP contribution in [0.2, 0.25) is 0 Å². The van der Waals surface area contributed by atoms with Crippen LogP contribution in [0.1, 0.15) is 29.2 Å². The van der Waals surface area contributed by atoms with Crippen LogP contribution in [0.25, 0.3) is 0 Å². The standard InChI is InChI=1S/C23H24BrNO/c1-3-18-8-11-22(12-9-18)25-15-20-14-21(24)10-13-23(20)26-16-19-6-4-17(2)5-7-19/h4-14,25H,3,15-16H2,1-2H3. The zero-order valence-electron chi connectivity index (χ0n) is 15.3. The van der Waals surface area contributed by atoms with Crippen LogP contribution in [-0.2, 0) is 19.6 Å². The Kier molecular flexibility index (Phi) is 6.35. The number of hydrogen-bond donors (Lipinski definition) is 1. The Hall–Kier alpha value is -2.26. The molecule has 26 heavy (non-hydrogen) atoms. The molecule has 0 spiro atoms. The number of benzene rings is 3. The lowest BCUT2D eigenvalue weighted by molar-refractivity contribution is 0.303. The molecule has 0 aliphatic heterocycles. The molecule has 0 aromatic heterocycles. The molecule has 0 saturated carbocycles. The summed E-state index contributed by atoms with van der Waals surface area (Å²) >= 11 is 3.56. The van der Waals surface area contributed by atoms with Gasteiger partial charge in [-0.2, -0.15) is 0 Å². The Balaban J connectivity index is 1.67. The average molecular weight is 410 g/mol. The fraction of sp³-hybridized carbons (Fsp3) is 0.217. The lowest BCUT2D eigenvalue weighted by atomic mass is 10.1. The van der Waals surface area contributed by atoms with Crippen molar-refractivity contribution >= 4 is 21.6 Å². The number of ether oxygens (including phenoxy) is 1. The van der Waals surface area contributed by atoms with Crippen LogP contribution < -0.4 is 10.1 Å². The van der Waals surface area contributed by atoms with E-state index in [4.69, 9.17) is 4.74 Å². The van der Waals surface area contributed by atoms with Gasteiger partial charge in [0.25, 0.3) is 0 Å². The van der Waals surface area contributed by atoms with Crippen LogP contribution in [0.5, 0.6) is 5.75 Å². The minimum Gasteiger partial charge on any atom is -0.489 e. The minimum atomic E-state index is 0.570. The van der Waals surface area contributed by atoms with Gasteiger partial charge in [-0.1, -0.05) is 64.8 Å². The second-order valence-corrected chi connectivity index (χ2v) is 7.35. The van der Waals surface area contributed by atoms with Crippen LogP contribution in [0.15, 0.2) is 71.2 Å². The van der Waals surface area contributed by atoms with Crippen LogP contribution in [0, 0.1) is 6.92 Å². The van der Waals surface area contributed by atoms with Gasteiger partial charge in [0, 0.05) is 22.3 Å². The van der Waals surface area contributed by atoms with E-state index in [0.29, 0.717) is 13.2 Å². The molecule has 0 radical (unpaired) electrons. The van der Waals surface area contributed by atoms with Crippen molar-refractivity contribution in [2.45, 2.75) is 33.4 Å². The molecule has 0 aliphatic carbocycles. The second kappa shape index (κ2) is 8.91. The molecule has 0 unspecified atom stereocenters. The molecule has 0 saturated heterocycles. The number of nitrogens with one attached hydrogen (secondary N) is 1. The van der Waals surface area contributed by atoms with Gasteiger partial charge in [0.1, 0.15) is 12.4 Å². The van der Waals surface area contributed by atoms with Crippen molar-refractivity contribution in [2.24, 2.45) is 0 Å². The number of anilines is 1. The molecular formula is C23H24BrNO. The summed E-state index contributed by atoms with van der Waals surface area (Å²) < 4.78 is 7.14. The molecule has 3 aromatic rings. The van der Waals surface area contributed by atoms with E-state index < -0.39 is 0 Å². The minimum absolute atomic E-state index is 0.570. The van der Waals surface area contributed by atoms with Crippen LogP contribution in [0.4, 0.5) is 5.69 Å². The van der Waals surface area contributed by atoms with Gasteiger partial charge in [-0.25, -0.2) is 0 Å². The van der Waals surface area contributed by atoms with E-state index in [9.17, 15) is 0 Å². The number of halogens is 1. The third-order valence-electron chi connectivity index (χ3n) is 4.38. The zero-order chi connectivity index (χ0) is 18.4. The lowest BCUT2D eigenvalue weighted by Crippen LogP contribution is -2.04. The van der Waals surface area contributed by atoms with Gasteiger partial charge in [-0.05, 0) is 54.8 Å². The molecule has 0 heterocycles. The molecule has 3 heteroatoms. The van der Waals surface area contributed by atoms with E-state index in [-0.39, 0.29) is 0 Å². The summed E-state index contributed by atoms with van der Waals surface area (Å²) in [4.78, 5) is 0. The fourth-order valence-electron chi connectivity index (χ4n) is 2.73. The molecular weight excluding hydrogens is 386 g/mol. The van der Waals surface area contributed by atoms with Gasteiger partial charge in [-0.15, -0.1) is 0 Å². The van der Waals surface area contributed by atoms with Gasteiger partial charge in [-0.3, -0.25) is 0 Å². The second-order valence-electron chi connectivity index (χ2n) is 6.43. The van der Waals surface area contributed by atoms with Crippen molar-refractivity contribution < 1.29 is 4.74 Å². The smallest absolute Gasteiger partial charge is 0.124 e. The summed E-state index contributed by atoms with van der Waals surface area (Å²) in [5.41, 5.74) is 6.03. The first-order valence-corrected chi connectivity index (χ1v) is 9.73. The predicted molar refractivity (Wildman–Crippen MR) is 113 cm³/mol. The van der Waals surface area contributed by atoms with Crippen LogP contribution in [0.3, 0.4) is 0 Å². The van der Waals surface area contributed by atoms with Crippen molar-refractivity contribution in [1.29, 1.82) is 0 Å². The molecule has 2 nitrogen and oxygen atoms in total. The summed E-state index contributed by atoms with van der Waals surface area (Å²) in [7, 11) is 0. The molecule has 0 fully saturated rings. The van der Waals surface area contributed by atoms with Crippen molar-refractivity contribution in [2.75, 3.05) is 5.32 Å². The van der Waals surface area contributed by atoms with E-state index in [0.717, 1.165) is 27.9 Å². The first kappa shape index (κ1) is 18.5. The maximum Gasteiger partial charge on any atom is 0.124 e. The topological polar surface area (TPSA) is 21.3 Å². The van der Waals surface area contributed by atoms with Gasteiger partial charge in [0.05, 0.1) is 0 Å². The Morgan fingerprint density at radius 2 is 1.58 bits per heavy atom. The molecule has 0 atom stereocenters. The number of aryl methyl sites for hydroxylation is 2. The third kappa shape index (κ3) is 5.12. The van der Waals surface area contributed by atoms with Crippen LogP contribution in [-0.4, -0.2) is 0 Å². The third-order valence-corrected chi connectivity index (χ3v) is 4.88. The quantitative estimate of drug-likeness (QED) is 0.479. The van der Waals surface area contributed by atoms with Crippen LogP contribution >= 0.6 is 15.9 Å². The zero-order valence-corrected chi connectivity index (χ0v) is 16.8. The molecule has 3 aromatic carbocycles. The Labute approximate surface area is 164 Å². The highest BCUT2D eigenvalue weighted by atomic mass is 79.9. The highest BCUT2D eigenvalue weighted by molar-refractivity contribution is 9.10. The molecule has 3 rings (SSSR count). The SMILES string of the molecule is CCc1ccc(NCc2cc(Br)ccc2OCc2ccc(C)cc2)cc1. The molecule has 0 aliphatic rings. The first-order valence-electron chi connectivity index (χ1n) is 8.93. The van der Waals surface area contributed by atoms with Crippen molar-refractivity contribution in [3.05, 3.63) is 93.5 Å². The van der Waals surface area contributed by atoms with Gasteiger partial charge in [0.2, 0.25) is 0 Å². The largest absolute Gasteiger partial charge is 0.489 e. The number of rotatable bonds is 7. The molecule has 0 bridgehead atoms. The van der Waals surface area contributed by atoms with E-state index >= 15 is 0 Å². The molecule has 1 N–H and O–H groups in total. The maximum absolute atomic E-state index is 6.08. The van der Waals surface area contributed by atoms with E-state index in [1.54, 1.807) is 0 Å². The maximum atomic E-state index is 6.08. The van der Waals surface area contributed by atoms with E-state index in [1.165, 1.54) is 16.7 Å². The fourth-order valence-corrected chi connectivity index (χ4v) is 3.14. The average Bonchev–Trinajstić information content (AvgIpc) is 2.67. The highest BCUT2D eigenvalue weighted by Crippen LogP contribution is 2.25. The summed E-state index contributed by atoms with van der Waals surface area (Å²) in [5, 5.41) is 3.48. The van der Waals surface area contributed by atoms with E-state index in [1.807, 2.05) is 12.1 Å². The normalized spacial score (nSPS) is 10.6. The Bertz CT molecular complexity index is 841. The molecule has 0 amide bonds. The van der Waals surface area contributed by atoms with Crippen molar-refractivity contribution in [3.63, 3.8) is 0 Å². The summed E-state index contributed by atoms with van der Waals surface area (Å²) in [6.07, 6.45) is 1.06. The summed E-state index contributed by atoms with van der Waals surface area (Å²) in [5.74, 6) is 0.909. The number of hydrogen-bond acceptors (Lipinski definition) is 2. The van der Waals surface area contributed by atoms with Crippen molar-refractivity contribution in [3.8, 4) is 5.75 Å². The Morgan fingerprint density at radius 3 is 2.27 bits per heavy atom. The summed E-state index contributed by atoms with van der Waals surface area (Å²) in [6.45, 7) is 5.55. The molecule has 134 valence electrons. The monoisotopic (exact) mass is 409 g/mol. The highest BCUT2D eigenvalue weighted by Gasteiger charge is 2.06. The first-order chi connectivity index (χ1) is 12.6. The summed E-state index contributed by atoms with van der Waals surface area (Å²) in [6, 6.07) is 23.2. The van der Waals surface area contributed by atoms with Crippen molar-refractivity contribution in [1.82, 2.24) is 0 Å². The van der Waals surface area contributed by atoms with Gasteiger partial charge in [0.15, 0.2) is 0 Å². The lowest BCUT2D eigenvalue weighted by Gasteiger charge is -2.14. The van der Waals surface area contributed by atoms with E-state index in [2.05, 4.69) is 89.7 Å². The van der Waals surface area contributed by atoms with Gasteiger partial charge < -0.3 is 10.1 Å². The van der Waals surface area contributed by atoms with Gasteiger partial charge >= 0.3 is 0 Å².